The van der Waals surface area contributed by atoms with E-state index in [0.29, 0.717) is 23.6 Å². The standard InChI is InChI=1S/C23H24N4O2S/c1-13-11-30-12-16(13)9-26-23(28)22-18-7-21(25-10-20(18)29-19(22)8-24)27-17-5-14-2-3-15(4-14)6-17/h7,10-12,14-15,17H,2-6,9H2,1H3,(H,25,27)(H,26,28). The molecule has 2 atom stereocenters. The highest BCUT2D eigenvalue weighted by molar-refractivity contribution is 7.08. The Morgan fingerprint density at radius 1 is 1.30 bits per heavy atom. The Morgan fingerprint density at radius 3 is 2.80 bits per heavy atom. The SMILES string of the molecule is Cc1cscc1CNC(=O)c1c(C#N)oc2cnc(NC3CC4CCC(C4)C3)cc12. The number of carbonyl (C=O) groups is 1. The van der Waals surface area contributed by atoms with E-state index in [2.05, 4.69) is 21.0 Å². The predicted octanol–water partition coefficient (Wildman–Crippen LogP) is 4.99. The predicted molar refractivity (Wildman–Crippen MR) is 116 cm³/mol. The Kier molecular flexibility index (Phi) is 4.95. The minimum Gasteiger partial charge on any atom is -0.443 e. The molecule has 3 heterocycles. The van der Waals surface area contributed by atoms with Crippen molar-refractivity contribution in [3.8, 4) is 6.07 Å². The maximum absolute atomic E-state index is 12.9. The second-order valence-electron chi connectivity index (χ2n) is 8.60. The average molecular weight is 421 g/mol. The van der Waals surface area contributed by atoms with Crippen LogP contribution >= 0.6 is 11.3 Å². The van der Waals surface area contributed by atoms with Gasteiger partial charge in [-0.3, -0.25) is 4.79 Å². The average Bonchev–Trinajstić information content (AvgIpc) is 3.42. The van der Waals surface area contributed by atoms with Gasteiger partial charge in [0.1, 0.15) is 17.5 Å². The first-order chi connectivity index (χ1) is 14.6. The maximum Gasteiger partial charge on any atom is 0.256 e. The van der Waals surface area contributed by atoms with Crippen LogP contribution in [-0.4, -0.2) is 16.9 Å². The summed E-state index contributed by atoms with van der Waals surface area (Å²) in [5, 5.41) is 20.7. The van der Waals surface area contributed by atoms with E-state index in [4.69, 9.17) is 4.42 Å². The van der Waals surface area contributed by atoms with E-state index in [9.17, 15) is 10.1 Å². The van der Waals surface area contributed by atoms with E-state index < -0.39 is 0 Å². The molecule has 3 aromatic heterocycles. The van der Waals surface area contributed by atoms with Gasteiger partial charge in [0.15, 0.2) is 5.58 Å². The first-order valence-electron chi connectivity index (χ1n) is 10.5. The van der Waals surface area contributed by atoms with Crippen molar-refractivity contribution < 1.29 is 9.21 Å². The van der Waals surface area contributed by atoms with Gasteiger partial charge in [0.25, 0.3) is 5.91 Å². The topological polar surface area (TPSA) is 91.0 Å². The molecule has 0 spiro atoms. The van der Waals surface area contributed by atoms with Crippen molar-refractivity contribution in [1.82, 2.24) is 10.3 Å². The highest BCUT2D eigenvalue weighted by Gasteiger charge is 2.34. The lowest BCUT2D eigenvalue weighted by Gasteiger charge is -2.28. The third-order valence-corrected chi connectivity index (χ3v) is 7.45. The molecule has 0 aromatic carbocycles. The molecule has 1 amide bonds. The van der Waals surface area contributed by atoms with Crippen molar-refractivity contribution in [1.29, 1.82) is 5.26 Å². The zero-order valence-corrected chi connectivity index (χ0v) is 17.7. The number of hydrogen-bond donors (Lipinski definition) is 2. The van der Waals surface area contributed by atoms with Crippen LogP contribution in [0.2, 0.25) is 0 Å². The van der Waals surface area contributed by atoms with Crippen molar-refractivity contribution >= 4 is 34.0 Å². The molecule has 0 aliphatic heterocycles. The molecule has 2 N–H and O–H groups in total. The number of hydrogen-bond acceptors (Lipinski definition) is 6. The van der Waals surface area contributed by atoms with Crippen LogP contribution in [0, 0.1) is 30.1 Å². The third kappa shape index (κ3) is 3.56. The quantitative estimate of drug-likeness (QED) is 0.607. The van der Waals surface area contributed by atoms with Gasteiger partial charge in [0, 0.05) is 18.0 Å². The van der Waals surface area contributed by atoms with Gasteiger partial charge < -0.3 is 15.1 Å². The zero-order chi connectivity index (χ0) is 20.7. The lowest BCUT2D eigenvalue weighted by atomic mass is 9.85. The van der Waals surface area contributed by atoms with Gasteiger partial charge in [-0.15, -0.1) is 0 Å². The smallest absolute Gasteiger partial charge is 0.256 e. The molecule has 2 bridgehead atoms. The molecule has 2 aliphatic rings. The summed E-state index contributed by atoms with van der Waals surface area (Å²) in [4.78, 5) is 17.4. The van der Waals surface area contributed by atoms with Crippen LogP contribution in [0.5, 0.6) is 0 Å². The highest BCUT2D eigenvalue weighted by Crippen LogP contribution is 2.42. The fraction of sp³-hybridized carbons (Fsp3) is 0.435. The molecule has 5 rings (SSSR count). The Labute approximate surface area is 179 Å². The van der Waals surface area contributed by atoms with E-state index in [1.165, 1.54) is 32.1 Å². The Balaban J connectivity index is 1.39. The van der Waals surface area contributed by atoms with E-state index in [0.717, 1.165) is 28.8 Å². The van der Waals surface area contributed by atoms with Crippen LogP contribution in [0.3, 0.4) is 0 Å². The summed E-state index contributed by atoms with van der Waals surface area (Å²) in [6.07, 6.45) is 8.02. The molecule has 30 heavy (non-hydrogen) atoms. The van der Waals surface area contributed by atoms with Crippen molar-refractivity contribution in [2.75, 3.05) is 5.32 Å². The second-order valence-corrected chi connectivity index (χ2v) is 9.35. The minimum atomic E-state index is -0.302. The molecule has 0 saturated heterocycles. The Hall–Kier alpha value is -2.85. The monoisotopic (exact) mass is 420 g/mol. The zero-order valence-electron chi connectivity index (χ0n) is 16.9. The van der Waals surface area contributed by atoms with Crippen molar-refractivity contribution in [2.24, 2.45) is 11.8 Å². The number of furan rings is 1. The van der Waals surface area contributed by atoms with Gasteiger partial charge in [-0.1, -0.05) is 12.8 Å². The summed E-state index contributed by atoms with van der Waals surface area (Å²) in [6, 6.07) is 4.28. The summed E-state index contributed by atoms with van der Waals surface area (Å²) in [5.41, 5.74) is 2.97. The fourth-order valence-corrected chi connectivity index (χ4v) is 5.91. The van der Waals surface area contributed by atoms with Crippen LogP contribution < -0.4 is 10.6 Å². The number of aryl methyl sites for hydroxylation is 1. The van der Waals surface area contributed by atoms with Crippen LogP contribution in [0.25, 0.3) is 11.0 Å². The van der Waals surface area contributed by atoms with E-state index in [1.54, 1.807) is 17.5 Å². The normalized spacial score (nSPS) is 22.7. The highest BCUT2D eigenvalue weighted by atomic mass is 32.1. The van der Waals surface area contributed by atoms with Crippen LogP contribution in [-0.2, 0) is 6.54 Å². The molecule has 3 aromatic rings. The number of aromatic nitrogens is 1. The number of anilines is 1. The first-order valence-corrected chi connectivity index (χ1v) is 11.4. The molecular weight excluding hydrogens is 396 g/mol. The lowest BCUT2D eigenvalue weighted by molar-refractivity contribution is 0.0951. The molecular formula is C23H24N4O2S. The number of thiophene rings is 1. The lowest BCUT2D eigenvalue weighted by Crippen LogP contribution is -2.28. The summed E-state index contributed by atoms with van der Waals surface area (Å²) < 4.78 is 5.61. The number of amides is 1. The number of fused-ring (bicyclic) bond motifs is 3. The first kappa shape index (κ1) is 19.1. The van der Waals surface area contributed by atoms with E-state index >= 15 is 0 Å². The molecule has 6 nitrogen and oxygen atoms in total. The number of pyridine rings is 1. The summed E-state index contributed by atoms with van der Waals surface area (Å²) in [5.74, 6) is 2.11. The maximum atomic E-state index is 12.9. The van der Waals surface area contributed by atoms with Crippen molar-refractivity contribution in [2.45, 2.75) is 51.6 Å². The van der Waals surface area contributed by atoms with Crippen LogP contribution in [0.15, 0.2) is 27.4 Å². The van der Waals surface area contributed by atoms with Gasteiger partial charge in [0.2, 0.25) is 5.76 Å². The van der Waals surface area contributed by atoms with Gasteiger partial charge in [-0.05, 0) is 66.0 Å². The summed E-state index contributed by atoms with van der Waals surface area (Å²) in [6.45, 7) is 2.44. The van der Waals surface area contributed by atoms with E-state index in [-0.39, 0.29) is 17.2 Å². The number of carbonyl (C=O) groups excluding carboxylic acids is 1. The van der Waals surface area contributed by atoms with Crippen LogP contribution in [0.4, 0.5) is 5.82 Å². The number of nitriles is 1. The summed E-state index contributed by atoms with van der Waals surface area (Å²) in [7, 11) is 0. The second kappa shape index (κ2) is 7.77. The third-order valence-electron chi connectivity index (χ3n) is 6.54. The number of nitrogens with zero attached hydrogens (tertiary/aromatic N) is 2. The minimum absolute atomic E-state index is 0.0270. The van der Waals surface area contributed by atoms with Crippen LogP contribution in [0.1, 0.15) is 59.3 Å². The number of rotatable bonds is 5. The Bertz CT molecular complexity index is 1130. The van der Waals surface area contributed by atoms with Gasteiger partial charge in [-0.25, -0.2) is 4.98 Å². The Morgan fingerprint density at radius 2 is 2.10 bits per heavy atom. The van der Waals surface area contributed by atoms with Crippen molar-refractivity contribution in [3.05, 3.63) is 45.5 Å². The molecule has 154 valence electrons. The van der Waals surface area contributed by atoms with E-state index in [1.807, 2.05) is 24.4 Å². The van der Waals surface area contributed by atoms with Gasteiger partial charge in [-0.2, -0.15) is 16.6 Å². The molecule has 0 radical (unpaired) electrons. The molecule has 2 unspecified atom stereocenters. The number of nitrogens with one attached hydrogen (secondary N) is 2. The largest absolute Gasteiger partial charge is 0.443 e. The molecule has 2 aliphatic carbocycles. The van der Waals surface area contributed by atoms with Gasteiger partial charge >= 0.3 is 0 Å². The molecule has 2 saturated carbocycles. The molecule has 2 fully saturated rings. The summed E-state index contributed by atoms with van der Waals surface area (Å²) >= 11 is 1.61. The fourth-order valence-electron chi connectivity index (χ4n) is 5.05. The molecule has 7 heteroatoms. The van der Waals surface area contributed by atoms with Crippen molar-refractivity contribution in [3.63, 3.8) is 0 Å². The van der Waals surface area contributed by atoms with Gasteiger partial charge in [0.05, 0.1) is 6.20 Å².